The minimum absolute atomic E-state index is 0. The smallest absolute Gasteiger partial charge is 0.276 e. The van der Waals surface area contributed by atoms with Crippen LogP contribution in [0.5, 0.6) is 11.5 Å². The molecule has 1 aromatic carbocycles. The number of nitrogens with zero attached hydrogens (tertiary/aromatic N) is 4. The van der Waals surface area contributed by atoms with Crippen molar-refractivity contribution < 1.29 is 14.3 Å². The fraction of sp³-hybridized carbons (Fsp3) is 0.526. The minimum Gasteiger partial charge on any atom is -0.486 e. The van der Waals surface area contributed by atoms with Crippen LogP contribution in [0.2, 0.25) is 0 Å². The Balaban J connectivity index is 0.00000225. The number of benzene rings is 1. The third-order valence-corrected chi connectivity index (χ3v) is 5.18. The van der Waals surface area contributed by atoms with Gasteiger partial charge in [-0.2, -0.15) is 0 Å². The Morgan fingerprint density at radius 2 is 2.00 bits per heavy atom. The second-order valence-electron chi connectivity index (χ2n) is 7.13. The third-order valence-electron chi connectivity index (χ3n) is 5.18. The monoisotopic (exact) mass is 407 g/mol. The lowest BCUT2D eigenvalue weighted by molar-refractivity contribution is 0.0517. The number of carbonyl (C=O) groups excluding carboxylic acids is 1. The van der Waals surface area contributed by atoms with Crippen LogP contribution in [-0.4, -0.2) is 65.2 Å². The van der Waals surface area contributed by atoms with Gasteiger partial charge in [-0.3, -0.25) is 4.79 Å². The average molecular weight is 408 g/mol. The van der Waals surface area contributed by atoms with Gasteiger partial charge in [-0.15, -0.1) is 17.5 Å². The summed E-state index contributed by atoms with van der Waals surface area (Å²) in [6.07, 6.45) is 1.79. The second-order valence-corrected chi connectivity index (χ2v) is 7.13. The maximum atomic E-state index is 12.9. The first-order valence-corrected chi connectivity index (χ1v) is 9.40. The van der Waals surface area contributed by atoms with Gasteiger partial charge in [-0.05, 0) is 45.0 Å². The average Bonchev–Trinajstić information content (AvgIpc) is 3.09. The van der Waals surface area contributed by atoms with Gasteiger partial charge < -0.3 is 19.7 Å². The van der Waals surface area contributed by atoms with E-state index in [1.54, 1.807) is 11.9 Å². The fourth-order valence-corrected chi connectivity index (χ4v) is 3.66. The van der Waals surface area contributed by atoms with Crippen LogP contribution in [-0.2, 0) is 0 Å². The molecular weight excluding hydrogens is 382 g/mol. The molecule has 2 aromatic rings. The van der Waals surface area contributed by atoms with Gasteiger partial charge in [0, 0.05) is 7.05 Å². The van der Waals surface area contributed by atoms with Crippen LogP contribution in [0, 0.1) is 6.92 Å². The van der Waals surface area contributed by atoms with E-state index < -0.39 is 0 Å². The molecule has 2 aliphatic heterocycles. The van der Waals surface area contributed by atoms with Crippen LogP contribution >= 0.6 is 12.4 Å². The molecule has 1 atom stereocenters. The van der Waals surface area contributed by atoms with Gasteiger partial charge >= 0.3 is 0 Å². The van der Waals surface area contributed by atoms with E-state index in [4.69, 9.17) is 9.47 Å². The topological polar surface area (TPSA) is 81.5 Å². The molecule has 0 bridgehead atoms. The Morgan fingerprint density at radius 1 is 1.29 bits per heavy atom. The number of hydrogen-bond acceptors (Lipinski definition) is 6. The lowest BCUT2D eigenvalue weighted by Gasteiger charge is -2.29. The summed E-state index contributed by atoms with van der Waals surface area (Å²) in [5, 5.41) is 11.8. The third kappa shape index (κ3) is 4.07. The highest BCUT2D eigenvalue weighted by Gasteiger charge is 2.28. The van der Waals surface area contributed by atoms with Crippen LogP contribution in [0.15, 0.2) is 24.3 Å². The van der Waals surface area contributed by atoms with Gasteiger partial charge in [-0.1, -0.05) is 17.3 Å². The fourth-order valence-electron chi connectivity index (χ4n) is 3.66. The lowest BCUT2D eigenvalue weighted by Crippen LogP contribution is -2.42. The van der Waals surface area contributed by atoms with E-state index >= 15 is 0 Å². The number of aromatic nitrogens is 3. The van der Waals surface area contributed by atoms with E-state index in [-0.39, 0.29) is 24.4 Å². The van der Waals surface area contributed by atoms with Crippen molar-refractivity contribution in [3.05, 3.63) is 35.7 Å². The van der Waals surface area contributed by atoms with Gasteiger partial charge in [0.2, 0.25) is 0 Å². The number of hydrogen-bond donors (Lipinski definition) is 1. The number of amides is 1. The van der Waals surface area contributed by atoms with Crippen molar-refractivity contribution in [1.82, 2.24) is 25.2 Å². The number of carbonyl (C=O) groups is 1. The van der Waals surface area contributed by atoms with Crippen LogP contribution < -0.4 is 14.8 Å². The summed E-state index contributed by atoms with van der Waals surface area (Å²) < 4.78 is 13.6. The Bertz CT molecular complexity index is 822. The summed E-state index contributed by atoms with van der Waals surface area (Å²) in [5.74, 6) is 1.31. The van der Waals surface area contributed by atoms with Crippen LogP contribution in [0.4, 0.5) is 0 Å². The Labute approximate surface area is 170 Å². The molecule has 0 spiro atoms. The van der Waals surface area contributed by atoms with Crippen molar-refractivity contribution >= 4 is 18.3 Å². The largest absolute Gasteiger partial charge is 0.486 e. The number of rotatable bonds is 4. The standard InChI is InChI=1S/C19H25N5O3.ClH/c1-13-18(21-22-24(13)14-7-9-20-10-8-14)19(25)23(2)11-15-12-26-16-5-3-4-6-17(16)27-15;/h3-6,14-15,20H,7-12H2,1-2H3;1H. The maximum Gasteiger partial charge on any atom is 0.276 e. The van der Waals surface area contributed by atoms with E-state index in [2.05, 4.69) is 15.6 Å². The first kappa shape index (κ1) is 20.4. The van der Waals surface area contributed by atoms with E-state index in [0.29, 0.717) is 30.6 Å². The van der Waals surface area contributed by atoms with Crippen molar-refractivity contribution in [2.24, 2.45) is 0 Å². The highest BCUT2D eigenvalue weighted by molar-refractivity contribution is 5.93. The Kier molecular flexibility index (Phi) is 6.41. The number of fused-ring (bicyclic) bond motifs is 1. The molecule has 1 N–H and O–H groups in total. The molecule has 2 aliphatic rings. The quantitative estimate of drug-likeness (QED) is 0.832. The number of piperidine rings is 1. The molecule has 1 fully saturated rings. The van der Waals surface area contributed by atoms with E-state index in [0.717, 1.165) is 37.4 Å². The summed E-state index contributed by atoms with van der Waals surface area (Å²) in [7, 11) is 1.76. The molecule has 28 heavy (non-hydrogen) atoms. The molecule has 0 aliphatic carbocycles. The molecule has 1 unspecified atom stereocenters. The molecule has 9 heteroatoms. The maximum absolute atomic E-state index is 12.9. The lowest BCUT2D eigenvalue weighted by atomic mass is 10.1. The molecule has 1 aromatic heterocycles. The van der Waals surface area contributed by atoms with E-state index in [1.807, 2.05) is 35.9 Å². The highest BCUT2D eigenvalue weighted by atomic mass is 35.5. The van der Waals surface area contributed by atoms with Crippen molar-refractivity contribution in [3.8, 4) is 11.5 Å². The number of halogens is 1. The van der Waals surface area contributed by atoms with Crippen molar-refractivity contribution in [1.29, 1.82) is 0 Å². The summed E-state index contributed by atoms with van der Waals surface area (Å²) >= 11 is 0. The zero-order valence-corrected chi connectivity index (χ0v) is 16.9. The predicted molar refractivity (Wildman–Crippen MR) is 106 cm³/mol. The molecule has 0 radical (unpaired) electrons. The van der Waals surface area contributed by atoms with Gasteiger partial charge in [0.05, 0.1) is 18.3 Å². The number of nitrogens with one attached hydrogen (secondary N) is 1. The van der Waals surface area contributed by atoms with E-state index in [9.17, 15) is 4.79 Å². The van der Waals surface area contributed by atoms with Gasteiger partial charge in [-0.25, -0.2) is 4.68 Å². The second kappa shape index (κ2) is 8.79. The van der Waals surface area contributed by atoms with Crippen molar-refractivity contribution in [2.75, 3.05) is 33.3 Å². The Morgan fingerprint density at radius 3 is 2.75 bits per heavy atom. The zero-order valence-electron chi connectivity index (χ0n) is 16.1. The number of para-hydroxylation sites is 2. The molecular formula is C19H26ClN5O3. The zero-order chi connectivity index (χ0) is 18.8. The molecule has 8 nitrogen and oxygen atoms in total. The van der Waals surface area contributed by atoms with Crippen LogP contribution in [0.25, 0.3) is 0 Å². The SMILES string of the molecule is Cc1c(C(=O)N(C)CC2COc3ccccc3O2)nnn1C1CCNCC1.Cl. The summed E-state index contributed by atoms with van der Waals surface area (Å²) in [6.45, 7) is 4.68. The molecule has 3 heterocycles. The summed E-state index contributed by atoms with van der Waals surface area (Å²) in [4.78, 5) is 14.5. The van der Waals surface area contributed by atoms with Gasteiger partial charge in [0.15, 0.2) is 23.3 Å². The first-order chi connectivity index (χ1) is 13.1. The molecule has 152 valence electrons. The molecule has 1 amide bonds. The van der Waals surface area contributed by atoms with E-state index in [1.165, 1.54) is 0 Å². The van der Waals surface area contributed by atoms with Gasteiger partial charge in [0.1, 0.15) is 6.61 Å². The molecule has 4 rings (SSSR count). The van der Waals surface area contributed by atoms with Crippen molar-refractivity contribution in [2.45, 2.75) is 31.9 Å². The molecule has 0 saturated carbocycles. The first-order valence-electron chi connectivity index (χ1n) is 9.40. The highest BCUT2D eigenvalue weighted by Crippen LogP contribution is 2.31. The normalized spacial score (nSPS) is 19.0. The van der Waals surface area contributed by atoms with Crippen LogP contribution in [0.3, 0.4) is 0 Å². The number of likely N-dealkylation sites (N-methyl/N-ethyl adjacent to an activating group) is 1. The number of ether oxygens (including phenoxy) is 2. The summed E-state index contributed by atoms with van der Waals surface area (Å²) in [6, 6.07) is 7.87. The molecule has 1 saturated heterocycles. The van der Waals surface area contributed by atoms with Crippen LogP contribution in [0.1, 0.15) is 35.1 Å². The summed E-state index contributed by atoms with van der Waals surface area (Å²) in [5.41, 5.74) is 1.23. The predicted octanol–water partition coefficient (Wildman–Crippen LogP) is 1.84. The Hall–Kier alpha value is -2.32. The van der Waals surface area contributed by atoms with Gasteiger partial charge in [0.25, 0.3) is 5.91 Å². The van der Waals surface area contributed by atoms with Crippen molar-refractivity contribution in [3.63, 3.8) is 0 Å². The minimum atomic E-state index is -0.214.